The van der Waals surface area contributed by atoms with Crippen molar-refractivity contribution in [3.8, 4) is 0 Å². The van der Waals surface area contributed by atoms with Crippen molar-refractivity contribution in [3.63, 3.8) is 0 Å². The van der Waals surface area contributed by atoms with Crippen molar-refractivity contribution in [3.05, 3.63) is 47.0 Å². The lowest BCUT2D eigenvalue weighted by Gasteiger charge is -2.41. The molecule has 144 valence electrons. The first-order chi connectivity index (χ1) is 13.0. The minimum absolute atomic E-state index is 0.0143. The molecule has 4 atom stereocenters. The van der Waals surface area contributed by atoms with E-state index in [1.165, 1.54) is 32.4 Å². The lowest BCUT2D eigenvalue weighted by Crippen LogP contribution is -2.30. The van der Waals surface area contributed by atoms with Gasteiger partial charge in [-0.05, 0) is 78.9 Å². The van der Waals surface area contributed by atoms with Gasteiger partial charge in [0.25, 0.3) is 0 Å². The number of esters is 1. The summed E-state index contributed by atoms with van der Waals surface area (Å²) in [7, 11) is 1.25. The molecule has 0 heterocycles. The summed E-state index contributed by atoms with van der Waals surface area (Å²) in [6.07, 6.45) is 6.90. The minimum atomic E-state index is -0.701. The number of benzene rings is 2. The SMILES string of the molecule is COC(=O)c1cc(F)c2c(F)c(C3CCC4CC(C)CCC4C3)ccc2c1. The Hall–Kier alpha value is -1.97. The normalized spacial score (nSPS) is 28.0. The Kier molecular flexibility index (Phi) is 4.92. The van der Waals surface area contributed by atoms with Gasteiger partial charge in [0, 0.05) is 0 Å². The van der Waals surface area contributed by atoms with Crippen LogP contribution in [0.4, 0.5) is 8.78 Å². The minimum Gasteiger partial charge on any atom is -0.465 e. The predicted molar refractivity (Wildman–Crippen MR) is 102 cm³/mol. The molecule has 4 heteroatoms. The third-order valence-corrected chi connectivity index (χ3v) is 6.77. The van der Waals surface area contributed by atoms with E-state index in [1.54, 1.807) is 12.1 Å². The van der Waals surface area contributed by atoms with Crippen LogP contribution in [-0.4, -0.2) is 13.1 Å². The van der Waals surface area contributed by atoms with Crippen molar-refractivity contribution in [1.82, 2.24) is 0 Å². The number of fused-ring (bicyclic) bond motifs is 2. The van der Waals surface area contributed by atoms with Crippen molar-refractivity contribution in [2.75, 3.05) is 7.11 Å². The third-order valence-electron chi connectivity index (χ3n) is 6.77. The Labute approximate surface area is 158 Å². The molecule has 2 saturated carbocycles. The van der Waals surface area contributed by atoms with Gasteiger partial charge in [-0.2, -0.15) is 0 Å². The maximum absolute atomic E-state index is 15.3. The summed E-state index contributed by atoms with van der Waals surface area (Å²) >= 11 is 0. The average Bonchev–Trinajstić information content (AvgIpc) is 2.66. The van der Waals surface area contributed by atoms with Crippen molar-refractivity contribution in [2.24, 2.45) is 17.8 Å². The highest BCUT2D eigenvalue weighted by molar-refractivity contribution is 5.96. The van der Waals surface area contributed by atoms with Gasteiger partial charge in [0.1, 0.15) is 11.6 Å². The van der Waals surface area contributed by atoms with Crippen LogP contribution >= 0.6 is 0 Å². The summed E-state index contributed by atoms with van der Waals surface area (Å²) < 4.78 is 34.5. The molecule has 2 aromatic rings. The fourth-order valence-electron chi connectivity index (χ4n) is 5.35. The fourth-order valence-corrected chi connectivity index (χ4v) is 5.35. The number of carbonyl (C=O) groups excluding carboxylic acids is 1. The van der Waals surface area contributed by atoms with Crippen LogP contribution in [0.2, 0.25) is 0 Å². The van der Waals surface area contributed by atoms with Crippen molar-refractivity contribution >= 4 is 16.7 Å². The summed E-state index contributed by atoms with van der Waals surface area (Å²) in [6.45, 7) is 2.33. The van der Waals surface area contributed by atoms with Crippen LogP contribution < -0.4 is 0 Å². The maximum Gasteiger partial charge on any atom is 0.337 e. The predicted octanol–water partition coefficient (Wildman–Crippen LogP) is 6.22. The molecular formula is C23H26F2O2. The number of hydrogen-bond acceptors (Lipinski definition) is 2. The third kappa shape index (κ3) is 3.35. The molecule has 0 bridgehead atoms. The first-order valence-electron chi connectivity index (χ1n) is 9.98. The van der Waals surface area contributed by atoms with Crippen LogP contribution in [0.5, 0.6) is 0 Å². The van der Waals surface area contributed by atoms with E-state index >= 15 is 4.39 Å². The highest BCUT2D eigenvalue weighted by atomic mass is 19.1. The van der Waals surface area contributed by atoms with Crippen LogP contribution in [0.3, 0.4) is 0 Å². The first-order valence-corrected chi connectivity index (χ1v) is 9.98. The Morgan fingerprint density at radius 1 is 1.04 bits per heavy atom. The molecule has 2 aromatic carbocycles. The number of ether oxygens (including phenoxy) is 1. The van der Waals surface area contributed by atoms with Gasteiger partial charge in [-0.25, -0.2) is 13.6 Å². The Bertz CT molecular complexity index is 876. The Morgan fingerprint density at radius 3 is 2.56 bits per heavy atom. The molecule has 2 nitrogen and oxygen atoms in total. The quantitative estimate of drug-likeness (QED) is 0.585. The second kappa shape index (κ2) is 7.21. The molecule has 27 heavy (non-hydrogen) atoms. The summed E-state index contributed by atoms with van der Waals surface area (Å²) in [5.74, 6) is 0.614. The van der Waals surface area contributed by atoms with E-state index < -0.39 is 17.6 Å². The number of methoxy groups -OCH3 is 1. The summed E-state index contributed by atoms with van der Waals surface area (Å²) in [5, 5.41) is 0.386. The van der Waals surface area contributed by atoms with E-state index in [4.69, 9.17) is 0 Å². The van der Waals surface area contributed by atoms with Gasteiger partial charge in [0.15, 0.2) is 0 Å². The highest BCUT2D eigenvalue weighted by Crippen LogP contribution is 2.48. The average molecular weight is 372 g/mol. The van der Waals surface area contributed by atoms with E-state index in [2.05, 4.69) is 11.7 Å². The summed E-state index contributed by atoms with van der Waals surface area (Å²) in [4.78, 5) is 11.7. The lowest BCUT2D eigenvalue weighted by atomic mass is 9.64. The fraction of sp³-hybridized carbons (Fsp3) is 0.522. The van der Waals surface area contributed by atoms with Crippen LogP contribution in [0, 0.1) is 29.4 Å². The number of halogens is 2. The molecule has 0 radical (unpaired) electrons. The molecule has 0 amide bonds. The molecule has 0 aliphatic heterocycles. The molecule has 0 N–H and O–H groups in total. The van der Waals surface area contributed by atoms with Crippen LogP contribution in [-0.2, 0) is 4.74 Å². The first kappa shape index (κ1) is 18.4. The van der Waals surface area contributed by atoms with Crippen LogP contribution in [0.25, 0.3) is 10.8 Å². The smallest absolute Gasteiger partial charge is 0.337 e. The molecule has 4 unspecified atom stereocenters. The van der Waals surface area contributed by atoms with Crippen LogP contribution in [0.1, 0.15) is 67.3 Å². The highest BCUT2D eigenvalue weighted by Gasteiger charge is 2.35. The van der Waals surface area contributed by atoms with Crippen molar-refractivity contribution in [2.45, 2.75) is 51.4 Å². The zero-order valence-electron chi connectivity index (χ0n) is 15.9. The number of carbonyl (C=O) groups is 1. The molecule has 0 spiro atoms. The topological polar surface area (TPSA) is 26.3 Å². The largest absolute Gasteiger partial charge is 0.465 e. The molecule has 2 fully saturated rings. The maximum atomic E-state index is 15.3. The molecule has 2 aliphatic carbocycles. The second-order valence-electron chi connectivity index (χ2n) is 8.46. The number of rotatable bonds is 2. The van der Waals surface area contributed by atoms with Gasteiger partial charge in [-0.1, -0.05) is 25.5 Å². The van der Waals surface area contributed by atoms with Gasteiger partial charge < -0.3 is 4.74 Å². The molecule has 0 aromatic heterocycles. The van der Waals surface area contributed by atoms with E-state index in [1.807, 2.05) is 0 Å². The van der Waals surface area contributed by atoms with E-state index in [9.17, 15) is 9.18 Å². The number of hydrogen-bond donors (Lipinski definition) is 0. The zero-order valence-corrected chi connectivity index (χ0v) is 15.9. The van der Waals surface area contributed by atoms with E-state index in [-0.39, 0.29) is 16.9 Å². The Balaban J connectivity index is 1.66. The molecule has 2 aliphatic rings. The monoisotopic (exact) mass is 372 g/mol. The standard InChI is InChI=1S/C23H26F2O2/c1-13-3-4-15-10-16(6-5-14(15)9-13)19-8-7-17-11-18(23(26)27-2)12-20(24)21(17)22(19)25/h7-8,11-16H,3-6,9-10H2,1-2H3. The summed E-state index contributed by atoms with van der Waals surface area (Å²) in [6, 6.07) is 6.09. The zero-order chi connectivity index (χ0) is 19.1. The van der Waals surface area contributed by atoms with Crippen molar-refractivity contribution < 1.29 is 18.3 Å². The van der Waals surface area contributed by atoms with Gasteiger partial charge in [0.05, 0.1) is 18.1 Å². The molecular weight excluding hydrogens is 346 g/mol. The van der Waals surface area contributed by atoms with Gasteiger partial charge in [-0.3, -0.25) is 0 Å². The van der Waals surface area contributed by atoms with E-state index in [0.29, 0.717) is 16.9 Å². The van der Waals surface area contributed by atoms with Gasteiger partial charge >= 0.3 is 5.97 Å². The van der Waals surface area contributed by atoms with Gasteiger partial charge in [-0.15, -0.1) is 0 Å². The van der Waals surface area contributed by atoms with Crippen LogP contribution in [0.15, 0.2) is 24.3 Å². The molecule has 4 rings (SSSR count). The summed E-state index contributed by atoms with van der Waals surface area (Å²) in [5.41, 5.74) is 0.732. The van der Waals surface area contributed by atoms with E-state index in [0.717, 1.165) is 37.2 Å². The molecule has 0 saturated heterocycles. The second-order valence-corrected chi connectivity index (χ2v) is 8.46. The van der Waals surface area contributed by atoms with Gasteiger partial charge in [0.2, 0.25) is 0 Å². The lowest BCUT2D eigenvalue weighted by molar-refractivity contribution is 0.0600. The Morgan fingerprint density at radius 2 is 1.78 bits per heavy atom. The van der Waals surface area contributed by atoms with Crippen molar-refractivity contribution in [1.29, 1.82) is 0 Å².